The third-order valence-corrected chi connectivity index (χ3v) is 5.00. The van der Waals surface area contributed by atoms with E-state index in [1.165, 1.54) is 0 Å². The summed E-state index contributed by atoms with van der Waals surface area (Å²) in [5.41, 5.74) is 2.73. The molecule has 3 rings (SSSR count). The van der Waals surface area contributed by atoms with Crippen LogP contribution in [0.3, 0.4) is 0 Å². The van der Waals surface area contributed by atoms with Crippen molar-refractivity contribution in [3.63, 3.8) is 0 Å². The summed E-state index contributed by atoms with van der Waals surface area (Å²) in [5.74, 6) is 0.148. The number of hydrogen-bond acceptors (Lipinski definition) is 2. The number of Topliss-reactive ketones (excluding diaryl/α,β-unsaturated/α-hetero) is 1. The summed E-state index contributed by atoms with van der Waals surface area (Å²) in [4.78, 5) is 17.2. The van der Waals surface area contributed by atoms with Crippen LogP contribution in [0.15, 0.2) is 53.4 Å². The van der Waals surface area contributed by atoms with Gasteiger partial charge in [0.15, 0.2) is 5.78 Å². The predicted octanol–water partition coefficient (Wildman–Crippen LogP) is 5.49. The molecule has 1 heterocycles. The maximum absolute atomic E-state index is 12.8. The Morgan fingerprint density at radius 2 is 1.82 bits per heavy atom. The summed E-state index contributed by atoms with van der Waals surface area (Å²) < 4.78 is 0. The van der Waals surface area contributed by atoms with Crippen LogP contribution >= 0.6 is 23.4 Å². The first kappa shape index (κ1) is 15.2. The van der Waals surface area contributed by atoms with Crippen molar-refractivity contribution in [1.29, 1.82) is 0 Å². The van der Waals surface area contributed by atoms with Crippen molar-refractivity contribution >= 4 is 40.0 Å². The molecule has 0 spiro atoms. The van der Waals surface area contributed by atoms with Gasteiger partial charge in [-0.3, -0.25) is 4.79 Å². The van der Waals surface area contributed by atoms with E-state index in [0.29, 0.717) is 5.02 Å². The molecule has 0 saturated heterocycles. The number of ketones is 1. The number of halogens is 1. The zero-order valence-corrected chi connectivity index (χ0v) is 14.0. The molecule has 4 heteroatoms. The Hall–Kier alpha value is -1.71. The number of carbonyl (C=O) groups excluding carboxylic acids is 1. The topological polar surface area (TPSA) is 32.9 Å². The molecule has 3 aromatic rings. The highest BCUT2D eigenvalue weighted by molar-refractivity contribution is 8.00. The van der Waals surface area contributed by atoms with Crippen molar-refractivity contribution in [2.24, 2.45) is 0 Å². The Bertz CT molecular complexity index is 823. The van der Waals surface area contributed by atoms with Crippen molar-refractivity contribution in [3.05, 3.63) is 64.8 Å². The Labute approximate surface area is 138 Å². The third kappa shape index (κ3) is 2.92. The molecule has 0 unspecified atom stereocenters. The van der Waals surface area contributed by atoms with Gasteiger partial charge in [-0.05, 0) is 44.2 Å². The van der Waals surface area contributed by atoms with Crippen LogP contribution in [0.4, 0.5) is 0 Å². The fourth-order valence-electron chi connectivity index (χ4n) is 2.57. The summed E-state index contributed by atoms with van der Waals surface area (Å²) in [6.07, 6.45) is 0. The van der Waals surface area contributed by atoms with Gasteiger partial charge in [-0.15, -0.1) is 11.8 Å². The van der Waals surface area contributed by atoms with Crippen LogP contribution in [-0.4, -0.2) is 16.0 Å². The monoisotopic (exact) mass is 329 g/mol. The van der Waals surface area contributed by atoms with Gasteiger partial charge in [0, 0.05) is 32.1 Å². The second-order valence-corrected chi connectivity index (χ2v) is 7.10. The van der Waals surface area contributed by atoms with E-state index in [0.717, 1.165) is 27.1 Å². The zero-order valence-electron chi connectivity index (χ0n) is 12.4. The van der Waals surface area contributed by atoms with Crippen LogP contribution in [0.25, 0.3) is 10.9 Å². The average molecular weight is 330 g/mol. The predicted molar refractivity (Wildman–Crippen MR) is 94.1 cm³/mol. The lowest BCUT2D eigenvalue weighted by molar-refractivity contribution is 0.0995. The first-order valence-corrected chi connectivity index (χ1v) is 8.36. The number of aromatic amines is 1. The lowest BCUT2D eigenvalue weighted by atomic mass is 10.1. The van der Waals surface area contributed by atoms with E-state index in [2.05, 4.69) is 4.98 Å². The van der Waals surface area contributed by atoms with E-state index < -0.39 is 0 Å². The van der Waals surface area contributed by atoms with Gasteiger partial charge in [-0.1, -0.05) is 29.8 Å². The molecule has 0 aliphatic rings. The van der Waals surface area contributed by atoms with Gasteiger partial charge < -0.3 is 4.98 Å². The molecule has 0 amide bonds. The van der Waals surface area contributed by atoms with E-state index in [4.69, 9.17) is 11.6 Å². The zero-order chi connectivity index (χ0) is 15.7. The molecule has 0 aliphatic heterocycles. The normalized spacial score (nSPS) is 12.5. The molecule has 1 aromatic heterocycles. The summed E-state index contributed by atoms with van der Waals surface area (Å²) >= 11 is 7.45. The highest BCUT2D eigenvalue weighted by Gasteiger charge is 2.22. The quantitative estimate of drug-likeness (QED) is 0.507. The molecule has 0 bridgehead atoms. The van der Waals surface area contributed by atoms with Crippen molar-refractivity contribution in [2.75, 3.05) is 0 Å². The van der Waals surface area contributed by atoms with Crippen LogP contribution < -0.4 is 0 Å². The van der Waals surface area contributed by atoms with Crippen LogP contribution in [0, 0.1) is 6.92 Å². The summed E-state index contributed by atoms with van der Waals surface area (Å²) in [6.45, 7) is 3.90. The molecule has 2 aromatic carbocycles. The molecule has 1 atom stereocenters. The van der Waals surface area contributed by atoms with E-state index >= 15 is 0 Å². The molecular formula is C18H16ClNOS. The Kier molecular flexibility index (Phi) is 4.27. The van der Waals surface area contributed by atoms with Gasteiger partial charge >= 0.3 is 0 Å². The number of aryl methyl sites for hydroxylation is 1. The average Bonchev–Trinajstić information content (AvgIpc) is 2.84. The molecule has 0 aliphatic carbocycles. The molecule has 0 radical (unpaired) electrons. The number of nitrogens with one attached hydrogen (secondary N) is 1. The van der Waals surface area contributed by atoms with Crippen LogP contribution in [0.1, 0.15) is 23.0 Å². The lowest BCUT2D eigenvalue weighted by Crippen LogP contribution is -2.14. The highest BCUT2D eigenvalue weighted by Crippen LogP contribution is 2.30. The SMILES string of the molecule is Cc1[nH]c2ccccc2c1C(=O)[C@@H](C)Sc1ccc(Cl)cc1. The molecule has 0 fully saturated rings. The minimum absolute atomic E-state index is 0.148. The van der Waals surface area contributed by atoms with Crippen LogP contribution in [-0.2, 0) is 0 Å². The molecular weight excluding hydrogens is 314 g/mol. The van der Waals surface area contributed by atoms with Gasteiger partial charge in [0.25, 0.3) is 0 Å². The van der Waals surface area contributed by atoms with E-state index in [9.17, 15) is 4.79 Å². The van der Waals surface area contributed by atoms with Crippen LogP contribution in [0.2, 0.25) is 5.02 Å². The second kappa shape index (κ2) is 6.19. The summed E-state index contributed by atoms with van der Waals surface area (Å²) in [6, 6.07) is 15.5. The smallest absolute Gasteiger partial charge is 0.178 e. The minimum Gasteiger partial charge on any atom is -0.358 e. The molecule has 2 nitrogen and oxygen atoms in total. The van der Waals surface area contributed by atoms with Gasteiger partial charge in [-0.2, -0.15) is 0 Å². The number of aromatic nitrogens is 1. The maximum Gasteiger partial charge on any atom is 0.178 e. The van der Waals surface area contributed by atoms with E-state index in [1.54, 1.807) is 11.8 Å². The number of para-hydroxylation sites is 1. The maximum atomic E-state index is 12.8. The number of carbonyl (C=O) groups is 1. The Balaban J connectivity index is 1.88. The van der Waals surface area contributed by atoms with Gasteiger partial charge in [0.05, 0.1) is 5.25 Å². The summed E-state index contributed by atoms with van der Waals surface area (Å²) in [5, 5.41) is 1.54. The summed E-state index contributed by atoms with van der Waals surface area (Å²) in [7, 11) is 0. The van der Waals surface area contributed by atoms with Crippen molar-refractivity contribution < 1.29 is 4.79 Å². The second-order valence-electron chi connectivity index (χ2n) is 5.25. The lowest BCUT2D eigenvalue weighted by Gasteiger charge is -2.10. The van der Waals surface area contributed by atoms with Crippen molar-refractivity contribution in [1.82, 2.24) is 4.98 Å². The van der Waals surface area contributed by atoms with E-state index in [1.807, 2.05) is 62.4 Å². The standard InChI is InChI=1S/C18H16ClNOS/c1-11-17(15-5-3-4-6-16(15)20-11)18(21)12(2)22-14-9-7-13(19)8-10-14/h3-10,12,20H,1-2H3/t12-/m1/s1. The van der Waals surface area contributed by atoms with Gasteiger partial charge in [-0.25, -0.2) is 0 Å². The van der Waals surface area contributed by atoms with Gasteiger partial charge in [0.1, 0.15) is 0 Å². The first-order valence-electron chi connectivity index (χ1n) is 7.10. The fourth-order valence-corrected chi connectivity index (χ4v) is 3.62. The Morgan fingerprint density at radius 3 is 2.55 bits per heavy atom. The highest BCUT2D eigenvalue weighted by atomic mass is 35.5. The van der Waals surface area contributed by atoms with Gasteiger partial charge in [0.2, 0.25) is 0 Å². The minimum atomic E-state index is -0.154. The molecule has 112 valence electrons. The number of hydrogen-bond donors (Lipinski definition) is 1. The number of fused-ring (bicyclic) bond motifs is 1. The molecule has 0 saturated carbocycles. The fraction of sp³-hybridized carbons (Fsp3) is 0.167. The number of benzene rings is 2. The third-order valence-electron chi connectivity index (χ3n) is 3.64. The number of thioether (sulfide) groups is 1. The first-order chi connectivity index (χ1) is 10.6. The van der Waals surface area contributed by atoms with Crippen LogP contribution in [0.5, 0.6) is 0 Å². The van der Waals surface area contributed by atoms with Crippen molar-refractivity contribution in [2.45, 2.75) is 24.0 Å². The van der Waals surface area contributed by atoms with Crippen molar-refractivity contribution in [3.8, 4) is 0 Å². The number of H-pyrrole nitrogens is 1. The largest absolute Gasteiger partial charge is 0.358 e. The Morgan fingerprint density at radius 1 is 1.14 bits per heavy atom. The van der Waals surface area contributed by atoms with E-state index in [-0.39, 0.29) is 11.0 Å². The number of rotatable bonds is 4. The molecule has 22 heavy (non-hydrogen) atoms. The molecule has 1 N–H and O–H groups in total.